The number of carbonyl (C=O) groups is 1. The van der Waals surface area contributed by atoms with E-state index < -0.39 is 11.7 Å². The molecule has 0 aromatic carbocycles. The first kappa shape index (κ1) is 19.5. The second-order valence-corrected chi connectivity index (χ2v) is 6.04. The van der Waals surface area contributed by atoms with Gasteiger partial charge in [-0.3, -0.25) is 4.99 Å². The number of amides is 1. The van der Waals surface area contributed by atoms with Crippen molar-refractivity contribution in [2.24, 2.45) is 10.7 Å². The molecule has 0 aliphatic rings. The van der Waals surface area contributed by atoms with E-state index >= 15 is 0 Å². The van der Waals surface area contributed by atoms with Crippen molar-refractivity contribution in [2.75, 3.05) is 19.6 Å². The van der Waals surface area contributed by atoms with Gasteiger partial charge >= 0.3 is 6.09 Å². The Hall–Kier alpha value is -1.46. The predicted molar refractivity (Wildman–Crippen MR) is 87.5 cm³/mol. The van der Waals surface area contributed by atoms with E-state index in [1.165, 1.54) is 19.3 Å². The number of hydrogen-bond donors (Lipinski definition) is 3. The van der Waals surface area contributed by atoms with E-state index in [4.69, 9.17) is 10.5 Å². The van der Waals surface area contributed by atoms with Gasteiger partial charge in [0.1, 0.15) is 5.60 Å². The fourth-order valence-electron chi connectivity index (χ4n) is 1.61. The molecule has 1 amide bonds. The molecule has 0 aromatic heterocycles. The lowest BCUT2D eigenvalue weighted by Crippen LogP contribution is -2.34. The molecule has 6 heteroatoms. The van der Waals surface area contributed by atoms with Gasteiger partial charge < -0.3 is 21.1 Å². The molecular weight excluding hydrogens is 268 g/mol. The number of carbonyl (C=O) groups excluding carboxylic acids is 1. The van der Waals surface area contributed by atoms with E-state index in [0.29, 0.717) is 19.0 Å². The zero-order valence-electron chi connectivity index (χ0n) is 14.0. The number of hydrogen-bond acceptors (Lipinski definition) is 3. The molecule has 0 aliphatic carbocycles. The maximum absolute atomic E-state index is 11.4. The number of alkyl carbamates (subject to hydrolysis) is 1. The van der Waals surface area contributed by atoms with E-state index in [0.717, 1.165) is 19.4 Å². The molecule has 0 aliphatic heterocycles. The van der Waals surface area contributed by atoms with Gasteiger partial charge in [0.15, 0.2) is 5.96 Å². The molecule has 0 unspecified atom stereocenters. The number of nitrogens with one attached hydrogen (secondary N) is 2. The molecule has 6 nitrogen and oxygen atoms in total. The van der Waals surface area contributed by atoms with E-state index in [-0.39, 0.29) is 0 Å². The van der Waals surface area contributed by atoms with Gasteiger partial charge in [-0.1, -0.05) is 26.2 Å². The molecule has 0 saturated heterocycles. The fraction of sp³-hybridized carbons (Fsp3) is 0.867. The van der Waals surface area contributed by atoms with Crippen molar-refractivity contribution in [2.45, 2.75) is 65.4 Å². The third kappa shape index (κ3) is 14.8. The summed E-state index contributed by atoms with van der Waals surface area (Å²) in [4.78, 5) is 15.6. The molecule has 4 N–H and O–H groups in total. The van der Waals surface area contributed by atoms with Crippen LogP contribution < -0.4 is 16.4 Å². The molecule has 0 atom stereocenters. The molecule has 0 saturated carbocycles. The Morgan fingerprint density at radius 2 is 1.76 bits per heavy atom. The Morgan fingerprint density at radius 1 is 1.10 bits per heavy atom. The lowest BCUT2D eigenvalue weighted by atomic mass is 10.2. The summed E-state index contributed by atoms with van der Waals surface area (Å²) in [5.74, 6) is 0.476. The third-order valence-electron chi connectivity index (χ3n) is 2.62. The van der Waals surface area contributed by atoms with E-state index in [1.807, 2.05) is 20.8 Å². The number of guanidine groups is 1. The van der Waals surface area contributed by atoms with E-state index in [2.05, 4.69) is 22.5 Å². The summed E-state index contributed by atoms with van der Waals surface area (Å²) >= 11 is 0. The molecule has 0 rings (SSSR count). The standard InChI is InChI=1S/C15H32N4O2/c1-5-6-7-8-10-17-13(16)18-11-9-12-19-14(20)21-15(2,3)4/h5-12H2,1-4H3,(H,19,20)(H3,16,17,18). The summed E-state index contributed by atoms with van der Waals surface area (Å²) in [7, 11) is 0. The number of aliphatic imine (C=N–C) groups is 1. The number of unbranched alkanes of at least 4 members (excludes halogenated alkanes) is 3. The zero-order valence-corrected chi connectivity index (χ0v) is 14.0. The molecule has 0 heterocycles. The largest absolute Gasteiger partial charge is 0.444 e. The lowest BCUT2D eigenvalue weighted by molar-refractivity contribution is 0.0527. The van der Waals surface area contributed by atoms with Crippen LogP contribution in [0.4, 0.5) is 4.79 Å². The van der Waals surface area contributed by atoms with Crippen molar-refractivity contribution in [1.29, 1.82) is 0 Å². The maximum atomic E-state index is 11.4. The summed E-state index contributed by atoms with van der Waals surface area (Å²) in [6.45, 7) is 9.68. The van der Waals surface area contributed by atoms with Gasteiger partial charge in [0, 0.05) is 19.6 Å². The minimum atomic E-state index is -0.464. The van der Waals surface area contributed by atoms with Gasteiger partial charge in [0.05, 0.1) is 0 Å². The predicted octanol–water partition coefficient (Wildman–Crippen LogP) is 2.39. The minimum absolute atomic E-state index is 0.395. The highest BCUT2D eigenvalue weighted by molar-refractivity contribution is 5.77. The quantitative estimate of drug-likeness (QED) is 0.346. The van der Waals surface area contributed by atoms with Crippen LogP contribution in [0.5, 0.6) is 0 Å². The van der Waals surface area contributed by atoms with Gasteiger partial charge in [0.25, 0.3) is 0 Å². The van der Waals surface area contributed by atoms with Crippen molar-refractivity contribution >= 4 is 12.1 Å². The van der Waals surface area contributed by atoms with Crippen LogP contribution in [0.2, 0.25) is 0 Å². The minimum Gasteiger partial charge on any atom is -0.444 e. The second kappa shape index (κ2) is 11.2. The molecule has 0 aromatic rings. The first-order valence-corrected chi connectivity index (χ1v) is 7.86. The molecule has 124 valence electrons. The number of ether oxygens (including phenoxy) is 1. The van der Waals surface area contributed by atoms with Crippen LogP contribution in [-0.4, -0.2) is 37.3 Å². The topological polar surface area (TPSA) is 88.7 Å². The fourth-order valence-corrected chi connectivity index (χ4v) is 1.61. The SMILES string of the molecule is CCCCCCNC(N)=NCCCNC(=O)OC(C)(C)C. The highest BCUT2D eigenvalue weighted by atomic mass is 16.6. The Kier molecular flexibility index (Phi) is 10.4. The van der Waals surface area contributed by atoms with Crippen molar-refractivity contribution in [3.05, 3.63) is 0 Å². The van der Waals surface area contributed by atoms with Crippen LogP contribution in [0, 0.1) is 0 Å². The van der Waals surface area contributed by atoms with Gasteiger partial charge in [0.2, 0.25) is 0 Å². The highest BCUT2D eigenvalue weighted by Crippen LogP contribution is 2.06. The van der Waals surface area contributed by atoms with Gasteiger partial charge in [-0.2, -0.15) is 0 Å². The average molecular weight is 300 g/mol. The van der Waals surface area contributed by atoms with Crippen LogP contribution in [0.15, 0.2) is 4.99 Å². The number of rotatable bonds is 9. The maximum Gasteiger partial charge on any atom is 0.407 e. The lowest BCUT2D eigenvalue weighted by Gasteiger charge is -2.19. The first-order valence-electron chi connectivity index (χ1n) is 7.86. The molecule has 0 radical (unpaired) electrons. The van der Waals surface area contributed by atoms with Crippen molar-refractivity contribution in [3.8, 4) is 0 Å². The van der Waals surface area contributed by atoms with Crippen molar-refractivity contribution in [1.82, 2.24) is 10.6 Å². The Balaban J connectivity index is 3.55. The molecule has 0 bridgehead atoms. The third-order valence-corrected chi connectivity index (χ3v) is 2.62. The normalized spacial score (nSPS) is 12.1. The van der Waals surface area contributed by atoms with Crippen molar-refractivity contribution in [3.63, 3.8) is 0 Å². The second-order valence-electron chi connectivity index (χ2n) is 6.04. The molecule has 21 heavy (non-hydrogen) atoms. The zero-order chi connectivity index (χ0) is 16.1. The summed E-state index contributed by atoms with van der Waals surface area (Å²) < 4.78 is 5.13. The molecular formula is C15H32N4O2. The van der Waals surface area contributed by atoms with Crippen LogP contribution in [0.25, 0.3) is 0 Å². The highest BCUT2D eigenvalue weighted by Gasteiger charge is 2.15. The molecule has 0 spiro atoms. The summed E-state index contributed by atoms with van der Waals surface area (Å²) in [6.07, 6.45) is 5.16. The Labute approximate surface area is 128 Å². The Morgan fingerprint density at radius 3 is 2.38 bits per heavy atom. The monoisotopic (exact) mass is 300 g/mol. The summed E-state index contributed by atoms with van der Waals surface area (Å²) in [6, 6.07) is 0. The van der Waals surface area contributed by atoms with E-state index in [9.17, 15) is 4.79 Å². The number of nitrogens with zero attached hydrogens (tertiary/aromatic N) is 1. The van der Waals surface area contributed by atoms with Gasteiger partial charge in [-0.15, -0.1) is 0 Å². The van der Waals surface area contributed by atoms with Crippen LogP contribution >= 0.6 is 0 Å². The molecule has 0 fully saturated rings. The first-order chi connectivity index (χ1) is 9.85. The van der Waals surface area contributed by atoms with Crippen LogP contribution in [0.3, 0.4) is 0 Å². The summed E-state index contributed by atoms with van der Waals surface area (Å²) in [5.41, 5.74) is 5.28. The van der Waals surface area contributed by atoms with Crippen molar-refractivity contribution < 1.29 is 9.53 Å². The Bertz CT molecular complexity index is 311. The van der Waals surface area contributed by atoms with Gasteiger partial charge in [-0.25, -0.2) is 4.79 Å². The smallest absolute Gasteiger partial charge is 0.407 e. The van der Waals surface area contributed by atoms with Crippen LogP contribution in [-0.2, 0) is 4.74 Å². The number of nitrogens with two attached hydrogens (primary N) is 1. The average Bonchev–Trinajstić information content (AvgIpc) is 2.36. The van der Waals surface area contributed by atoms with E-state index in [1.54, 1.807) is 0 Å². The summed E-state index contributed by atoms with van der Waals surface area (Å²) in [5, 5.41) is 5.78. The van der Waals surface area contributed by atoms with Crippen LogP contribution in [0.1, 0.15) is 59.8 Å². The van der Waals surface area contributed by atoms with Gasteiger partial charge in [-0.05, 0) is 33.6 Å².